The van der Waals surface area contributed by atoms with E-state index in [9.17, 15) is 0 Å². The number of hydrogen-bond acceptors (Lipinski definition) is 6. The number of aromatic nitrogens is 2. The molecule has 1 aromatic heterocycles. The van der Waals surface area contributed by atoms with Gasteiger partial charge in [0.25, 0.3) is 0 Å². The Labute approximate surface area is 120 Å². The summed E-state index contributed by atoms with van der Waals surface area (Å²) in [4.78, 5) is 13.0. The summed E-state index contributed by atoms with van der Waals surface area (Å²) < 4.78 is 5.57. The first-order chi connectivity index (χ1) is 9.63. The first-order valence-electron chi connectivity index (χ1n) is 7.28. The fourth-order valence-electron chi connectivity index (χ4n) is 2.59. The molecule has 1 fully saturated rings. The van der Waals surface area contributed by atoms with Crippen LogP contribution in [-0.2, 0) is 0 Å². The van der Waals surface area contributed by atoms with E-state index in [0.717, 1.165) is 31.7 Å². The highest BCUT2D eigenvalue weighted by atomic mass is 16.5. The monoisotopic (exact) mass is 279 g/mol. The molecule has 0 radical (unpaired) electrons. The maximum atomic E-state index is 6.16. The molecular formula is C14H25N5O. The molecule has 0 spiro atoms. The average Bonchev–Trinajstić information content (AvgIpc) is 2.45. The zero-order valence-electron chi connectivity index (χ0n) is 12.7. The molecule has 1 saturated heterocycles. The van der Waals surface area contributed by atoms with Crippen LogP contribution in [0.15, 0.2) is 6.33 Å². The Bertz CT molecular complexity index is 440. The number of nitrogen functional groups attached to an aromatic ring is 1. The Morgan fingerprint density at radius 3 is 3.00 bits per heavy atom. The van der Waals surface area contributed by atoms with Crippen molar-refractivity contribution >= 4 is 11.5 Å². The predicted molar refractivity (Wildman–Crippen MR) is 81.2 cm³/mol. The largest absolute Gasteiger partial charge is 0.476 e. The van der Waals surface area contributed by atoms with Crippen molar-refractivity contribution in [2.24, 2.45) is 0 Å². The summed E-state index contributed by atoms with van der Waals surface area (Å²) in [5.74, 6) is 1.26. The van der Waals surface area contributed by atoms with Gasteiger partial charge < -0.3 is 20.3 Å². The van der Waals surface area contributed by atoms with E-state index < -0.39 is 0 Å². The summed E-state index contributed by atoms with van der Waals surface area (Å²) >= 11 is 0. The molecular weight excluding hydrogens is 254 g/mol. The molecule has 6 heteroatoms. The Hall–Kier alpha value is -1.56. The number of piperidine rings is 1. The fourth-order valence-corrected chi connectivity index (χ4v) is 2.59. The fraction of sp³-hybridized carbons (Fsp3) is 0.714. The molecule has 0 aliphatic carbocycles. The smallest absolute Gasteiger partial charge is 0.242 e. The van der Waals surface area contributed by atoms with Crippen molar-refractivity contribution in [3.63, 3.8) is 0 Å². The summed E-state index contributed by atoms with van der Waals surface area (Å²) in [5.41, 5.74) is 6.70. The van der Waals surface area contributed by atoms with Crippen molar-refractivity contribution in [3.8, 4) is 5.88 Å². The minimum Gasteiger partial charge on any atom is -0.476 e. The van der Waals surface area contributed by atoms with Gasteiger partial charge in [0.15, 0.2) is 5.82 Å². The molecule has 1 aliphatic heterocycles. The molecule has 20 heavy (non-hydrogen) atoms. The van der Waals surface area contributed by atoms with E-state index in [1.807, 2.05) is 7.05 Å². The molecule has 0 aromatic carbocycles. The third-order valence-electron chi connectivity index (χ3n) is 3.75. The van der Waals surface area contributed by atoms with E-state index in [2.05, 4.69) is 33.7 Å². The molecule has 1 atom stereocenters. The van der Waals surface area contributed by atoms with Crippen molar-refractivity contribution in [2.45, 2.75) is 32.2 Å². The van der Waals surface area contributed by atoms with Crippen LogP contribution in [0.5, 0.6) is 5.88 Å². The Morgan fingerprint density at radius 1 is 1.50 bits per heavy atom. The zero-order chi connectivity index (χ0) is 14.5. The van der Waals surface area contributed by atoms with Crippen LogP contribution in [0.25, 0.3) is 0 Å². The van der Waals surface area contributed by atoms with Crippen LogP contribution >= 0.6 is 0 Å². The quantitative estimate of drug-likeness (QED) is 0.878. The molecule has 1 aliphatic rings. The van der Waals surface area contributed by atoms with Crippen LogP contribution in [0, 0.1) is 0 Å². The molecule has 2 rings (SSSR count). The van der Waals surface area contributed by atoms with Crippen molar-refractivity contribution in [2.75, 3.05) is 44.4 Å². The number of ether oxygens (including phenoxy) is 1. The number of likely N-dealkylation sites (tertiary alicyclic amines) is 1. The number of likely N-dealkylation sites (N-methyl/N-ethyl adjacent to an activating group) is 2. The van der Waals surface area contributed by atoms with Crippen LogP contribution in [0.3, 0.4) is 0 Å². The molecule has 2 N–H and O–H groups in total. The number of rotatable bonds is 5. The summed E-state index contributed by atoms with van der Waals surface area (Å²) in [5, 5.41) is 0. The molecule has 6 nitrogen and oxygen atoms in total. The number of nitrogens with zero attached hydrogens (tertiary/aromatic N) is 4. The number of nitrogens with two attached hydrogens (primary N) is 1. The molecule has 0 amide bonds. The molecule has 0 bridgehead atoms. The second-order valence-electron chi connectivity index (χ2n) is 5.43. The third kappa shape index (κ3) is 3.30. The second-order valence-corrected chi connectivity index (χ2v) is 5.43. The summed E-state index contributed by atoms with van der Waals surface area (Å²) in [7, 11) is 4.20. The maximum absolute atomic E-state index is 6.16. The van der Waals surface area contributed by atoms with Gasteiger partial charge in [-0.3, -0.25) is 0 Å². The van der Waals surface area contributed by atoms with Gasteiger partial charge in [0.2, 0.25) is 5.88 Å². The normalized spacial score (nSPS) is 19.9. The van der Waals surface area contributed by atoms with Crippen LogP contribution < -0.4 is 15.4 Å². The summed E-state index contributed by atoms with van der Waals surface area (Å²) in [6.07, 6.45) is 4.83. The van der Waals surface area contributed by atoms with Crippen LogP contribution in [0.4, 0.5) is 11.5 Å². The van der Waals surface area contributed by atoms with E-state index in [4.69, 9.17) is 10.5 Å². The maximum Gasteiger partial charge on any atom is 0.242 e. The predicted octanol–water partition coefficient (Wildman–Crippen LogP) is 1.38. The average molecular weight is 279 g/mol. The minimum atomic E-state index is 0.435. The number of hydrogen-bond donors (Lipinski definition) is 1. The Kier molecular flexibility index (Phi) is 5.00. The van der Waals surface area contributed by atoms with Gasteiger partial charge in [-0.15, -0.1) is 0 Å². The highest BCUT2D eigenvalue weighted by Crippen LogP contribution is 2.29. The van der Waals surface area contributed by atoms with Crippen molar-refractivity contribution in [1.29, 1.82) is 0 Å². The standard InChI is InChI=1S/C14H25N5O/c1-4-8-20-14-12(15)13(16-10-17-14)19(3)11-6-5-7-18(2)9-11/h10-11H,4-9,15H2,1-3H3. The SMILES string of the molecule is CCCOc1ncnc(N(C)C2CCCN(C)C2)c1N. The zero-order valence-corrected chi connectivity index (χ0v) is 12.7. The van der Waals surface area contributed by atoms with E-state index in [-0.39, 0.29) is 0 Å². The molecule has 1 aromatic rings. The summed E-state index contributed by atoms with van der Waals surface area (Å²) in [6, 6.07) is 0.435. The first kappa shape index (κ1) is 14.8. The van der Waals surface area contributed by atoms with Gasteiger partial charge >= 0.3 is 0 Å². The van der Waals surface area contributed by atoms with Gasteiger partial charge in [0.05, 0.1) is 6.61 Å². The van der Waals surface area contributed by atoms with E-state index in [1.54, 1.807) is 0 Å². The molecule has 0 saturated carbocycles. The van der Waals surface area contributed by atoms with Crippen LogP contribution in [-0.4, -0.2) is 54.7 Å². The van der Waals surface area contributed by atoms with Crippen molar-refractivity contribution in [3.05, 3.63) is 6.33 Å². The van der Waals surface area contributed by atoms with Gasteiger partial charge in [-0.05, 0) is 32.9 Å². The van der Waals surface area contributed by atoms with Crippen LogP contribution in [0.1, 0.15) is 26.2 Å². The summed E-state index contributed by atoms with van der Waals surface area (Å²) in [6.45, 7) is 4.87. The Morgan fingerprint density at radius 2 is 2.30 bits per heavy atom. The third-order valence-corrected chi connectivity index (χ3v) is 3.75. The van der Waals surface area contributed by atoms with E-state index >= 15 is 0 Å². The lowest BCUT2D eigenvalue weighted by atomic mass is 10.1. The van der Waals surface area contributed by atoms with Gasteiger partial charge in [-0.25, -0.2) is 4.98 Å². The van der Waals surface area contributed by atoms with Crippen molar-refractivity contribution in [1.82, 2.24) is 14.9 Å². The minimum absolute atomic E-state index is 0.435. The lowest BCUT2D eigenvalue weighted by molar-refractivity contribution is 0.247. The lowest BCUT2D eigenvalue weighted by Gasteiger charge is -2.36. The van der Waals surface area contributed by atoms with E-state index in [1.165, 1.54) is 12.7 Å². The molecule has 2 heterocycles. The first-order valence-corrected chi connectivity index (χ1v) is 7.28. The lowest BCUT2D eigenvalue weighted by Crippen LogP contribution is -2.45. The number of anilines is 2. The highest BCUT2D eigenvalue weighted by Gasteiger charge is 2.24. The van der Waals surface area contributed by atoms with Crippen LogP contribution in [0.2, 0.25) is 0 Å². The molecule has 112 valence electrons. The van der Waals surface area contributed by atoms with Gasteiger partial charge in [-0.1, -0.05) is 6.92 Å². The van der Waals surface area contributed by atoms with Gasteiger partial charge in [0, 0.05) is 19.6 Å². The second kappa shape index (κ2) is 6.74. The highest BCUT2D eigenvalue weighted by molar-refractivity contribution is 5.67. The van der Waals surface area contributed by atoms with Gasteiger partial charge in [0.1, 0.15) is 12.0 Å². The Balaban J connectivity index is 2.14. The molecule has 1 unspecified atom stereocenters. The topological polar surface area (TPSA) is 67.5 Å². The van der Waals surface area contributed by atoms with Gasteiger partial charge in [-0.2, -0.15) is 4.98 Å². The van der Waals surface area contributed by atoms with Crippen molar-refractivity contribution < 1.29 is 4.74 Å². The van der Waals surface area contributed by atoms with E-state index in [0.29, 0.717) is 24.2 Å².